The lowest BCUT2D eigenvalue weighted by molar-refractivity contribution is -0.124. The van der Waals surface area contributed by atoms with Crippen molar-refractivity contribution in [3.8, 4) is 0 Å². The maximum atomic E-state index is 13.7. The molecule has 1 aliphatic rings. The molecule has 3 N–H and O–H groups in total. The molecule has 0 saturated carbocycles. The highest BCUT2D eigenvalue weighted by molar-refractivity contribution is 5.80. The molecule has 1 fully saturated rings. The molecule has 1 aromatic rings. The fraction of sp³-hybridized carbons (Fsp3) is 0.462. The van der Waals surface area contributed by atoms with Crippen LogP contribution in [0.3, 0.4) is 0 Å². The molecule has 98 valence electrons. The molecule has 1 heterocycles. The van der Waals surface area contributed by atoms with Crippen molar-refractivity contribution in [1.82, 2.24) is 10.2 Å². The van der Waals surface area contributed by atoms with Gasteiger partial charge in [-0.25, -0.2) is 4.39 Å². The first kappa shape index (κ1) is 13.0. The molecule has 1 aliphatic heterocycles. The van der Waals surface area contributed by atoms with Crippen molar-refractivity contribution in [1.29, 1.82) is 0 Å². The van der Waals surface area contributed by atoms with Gasteiger partial charge in [0.25, 0.3) is 0 Å². The minimum atomic E-state index is -0.365. The van der Waals surface area contributed by atoms with Gasteiger partial charge in [-0.15, -0.1) is 0 Å². The van der Waals surface area contributed by atoms with Gasteiger partial charge in [0.15, 0.2) is 0 Å². The first-order chi connectivity index (χ1) is 8.58. The molecule has 4 nitrogen and oxygen atoms in total. The van der Waals surface area contributed by atoms with E-state index in [9.17, 15) is 9.18 Å². The third-order valence-electron chi connectivity index (χ3n) is 3.26. The number of nitrogens with one attached hydrogen (secondary N) is 1. The van der Waals surface area contributed by atoms with Gasteiger partial charge in [0.1, 0.15) is 11.9 Å². The van der Waals surface area contributed by atoms with Gasteiger partial charge >= 0.3 is 0 Å². The number of halogens is 1. The average molecular weight is 251 g/mol. The normalized spacial score (nSPS) is 20.9. The Balaban J connectivity index is 2.15. The Kier molecular flexibility index (Phi) is 3.93. The van der Waals surface area contributed by atoms with Crippen LogP contribution in [-0.2, 0) is 11.3 Å². The highest BCUT2D eigenvalue weighted by Gasteiger charge is 2.27. The van der Waals surface area contributed by atoms with Crippen molar-refractivity contribution in [2.75, 3.05) is 19.6 Å². The Hall–Kier alpha value is -1.46. The van der Waals surface area contributed by atoms with Crippen molar-refractivity contribution < 1.29 is 9.18 Å². The van der Waals surface area contributed by atoms with E-state index in [1.54, 1.807) is 6.07 Å². The summed E-state index contributed by atoms with van der Waals surface area (Å²) in [6, 6.07) is 4.66. The second-order valence-electron chi connectivity index (χ2n) is 4.69. The van der Waals surface area contributed by atoms with Crippen molar-refractivity contribution in [3.63, 3.8) is 0 Å². The van der Waals surface area contributed by atoms with Gasteiger partial charge in [-0.3, -0.25) is 9.69 Å². The van der Waals surface area contributed by atoms with Crippen LogP contribution in [0.2, 0.25) is 0 Å². The number of nitrogens with zero attached hydrogens (tertiary/aromatic N) is 1. The van der Waals surface area contributed by atoms with E-state index < -0.39 is 0 Å². The molecule has 1 aromatic carbocycles. The van der Waals surface area contributed by atoms with Gasteiger partial charge in [0, 0.05) is 31.7 Å². The number of carbonyl (C=O) groups excluding carboxylic acids is 1. The number of amides is 1. The summed E-state index contributed by atoms with van der Waals surface area (Å²) in [7, 11) is 0. The molecular formula is C13H18FN3O. The zero-order chi connectivity index (χ0) is 13.1. The van der Waals surface area contributed by atoms with Crippen molar-refractivity contribution >= 4 is 5.91 Å². The predicted octanol–water partition coefficient (Wildman–Crippen LogP) is 0.393. The van der Waals surface area contributed by atoms with Gasteiger partial charge in [0.05, 0.1) is 0 Å². The number of rotatable bonds is 3. The largest absolute Gasteiger partial charge is 0.368 e. The molecule has 2 rings (SSSR count). The van der Waals surface area contributed by atoms with Crippen LogP contribution in [0.5, 0.6) is 0 Å². The molecule has 0 aliphatic carbocycles. The van der Waals surface area contributed by atoms with Crippen LogP contribution < -0.4 is 11.1 Å². The second kappa shape index (κ2) is 5.46. The van der Waals surface area contributed by atoms with E-state index in [4.69, 9.17) is 5.73 Å². The zero-order valence-corrected chi connectivity index (χ0v) is 10.4. The Labute approximate surface area is 106 Å². The van der Waals surface area contributed by atoms with Crippen LogP contribution in [-0.4, -0.2) is 36.5 Å². The van der Waals surface area contributed by atoms with Gasteiger partial charge in [0.2, 0.25) is 5.91 Å². The van der Waals surface area contributed by atoms with Crippen LogP contribution >= 0.6 is 0 Å². The van der Waals surface area contributed by atoms with E-state index in [0.29, 0.717) is 25.2 Å². The van der Waals surface area contributed by atoms with Crippen molar-refractivity contribution in [2.24, 2.45) is 5.73 Å². The van der Waals surface area contributed by atoms with Crippen LogP contribution in [0.25, 0.3) is 0 Å². The first-order valence-corrected chi connectivity index (χ1v) is 6.07. The average Bonchev–Trinajstić information content (AvgIpc) is 2.34. The summed E-state index contributed by atoms with van der Waals surface area (Å²) in [5.41, 5.74) is 6.99. The summed E-state index contributed by atoms with van der Waals surface area (Å²) in [6.45, 7) is 4.36. The third-order valence-corrected chi connectivity index (χ3v) is 3.26. The number of piperazine rings is 1. The molecule has 5 heteroatoms. The Bertz CT molecular complexity index is 450. The number of benzene rings is 1. The molecule has 0 spiro atoms. The Morgan fingerprint density at radius 2 is 2.39 bits per heavy atom. The molecular weight excluding hydrogens is 233 g/mol. The minimum absolute atomic E-state index is 0.234. The van der Waals surface area contributed by atoms with E-state index in [1.165, 1.54) is 6.07 Å². The molecule has 1 saturated heterocycles. The lowest BCUT2D eigenvalue weighted by atomic mass is 10.1. The summed E-state index contributed by atoms with van der Waals surface area (Å²) >= 11 is 0. The molecule has 1 unspecified atom stereocenters. The van der Waals surface area contributed by atoms with E-state index >= 15 is 0 Å². The van der Waals surface area contributed by atoms with E-state index in [1.807, 2.05) is 17.9 Å². The van der Waals surface area contributed by atoms with E-state index in [0.717, 1.165) is 12.1 Å². The summed E-state index contributed by atoms with van der Waals surface area (Å²) < 4.78 is 13.7. The highest BCUT2D eigenvalue weighted by Crippen LogP contribution is 2.15. The van der Waals surface area contributed by atoms with Crippen LogP contribution in [0.4, 0.5) is 4.39 Å². The number of hydrogen-bond donors (Lipinski definition) is 2. The Morgan fingerprint density at radius 3 is 3.11 bits per heavy atom. The molecule has 1 amide bonds. The maximum absolute atomic E-state index is 13.7. The van der Waals surface area contributed by atoms with E-state index in [2.05, 4.69) is 5.32 Å². The van der Waals surface area contributed by atoms with Gasteiger partial charge in [-0.2, -0.15) is 0 Å². The zero-order valence-electron chi connectivity index (χ0n) is 10.4. The molecule has 18 heavy (non-hydrogen) atoms. The van der Waals surface area contributed by atoms with Crippen LogP contribution in [0.1, 0.15) is 11.1 Å². The predicted molar refractivity (Wildman–Crippen MR) is 67.4 cm³/mol. The number of carbonyl (C=O) groups is 1. The van der Waals surface area contributed by atoms with Crippen LogP contribution in [0, 0.1) is 12.7 Å². The molecule has 0 bridgehead atoms. The SMILES string of the molecule is Cc1ccc(F)c(CN2CCNCC2C(N)=O)c1. The van der Waals surface area contributed by atoms with Gasteiger partial charge < -0.3 is 11.1 Å². The summed E-state index contributed by atoms with van der Waals surface area (Å²) in [5.74, 6) is -0.599. The molecule has 0 aromatic heterocycles. The quantitative estimate of drug-likeness (QED) is 0.817. The fourth-order valence-electron chi connectivity index (χ4n) is 2.26. The number of primary amides is 1. The summed E-state index contributed by atoms with van der Waals surface area (Å²) in [4.78, 5) is 13.3. The molecule has 0 radical (unpaired) electrons. The summed E-state index contributed by atoms with van der Waals surface area (Å²) in [5, 5.41) is 3.12. The fourth-order valence-corrected chi connectivity index (χ4v) is 2.26. The third kappa shape index (κ3) is 2.86. The minimum Gasteiger partial charge on any atom is -0.368 e. The van der Waals surface area contributed by atoms with Gasteiger partial charge in [-0.1, -0.05) is 17.7 Å². The first-order valence-electron chi connectivity index (χ1n) is 6.07. The van der Waals surface area contributed by atoms with Crippen molar-refractivity contribution in [2.45, 2.75) is 19.5 Å². The smallest absolute Gasteiger partial charge is 0.236 e. The number of aryl methyl sites for hydroxylation is 1. The standard InChI is InChI=1S/C13H18FN3O/c1-9-2-3-11(14)10(6-9)8-17-5-4-16-7-12(17)13(15)18/h2-3,6,12,16H,4-5,7-8H2,1H3,(H2,15,18). The van der Waals surface area contributed by atoms with Crippen LogP contribution in [0.15, 0.2) is 18.2 Å². The number of hydrogen-bond acceptors (Lipinski definition) is 3. The van der Waals surface area contributed by atoms with E-state index in [-0.39, 0.29) is 17.8 Å². The lowest BCUT2D eigenvalue weighted by Gasteiger charge is -2.34. The lowest BCUT2D eigenvalue weighted by Crippen LogP contribution is -2.56. The monoisotopic (exact) mass is 251 g/mol. The van der Waals surface area contributed by atoms with Gasteiger partial charge in [-0.05, 0) is 13.0 Å². The topological polar surface area (TPSA) is 58.4 Å². The maximum Gasteiger partial charge on any atom is 0.236 e. The Morgan fingerprint density at radius 1 is 1.61 bits per heavy atom. The second-order valence-corrected chi connectivity index (χ2v) is 4.69. The molecule has 1 atom stereocenters. The highest BCUT2D eigenvalue weighted by atomic mass is 19.1. The van der Waals surface area contributed by atoms with Crippen molar-refractivity contribution in [3.05, 3.63) is 35.1 Å². The number of nitrogens with two attached hydrogens (primary N) is 1. The summed E-state index contributed by atoms with van der Waals surface area (Å²) in [6.07, 6.45) is 0.